The largest absolute Gasteiger partial charge is 0.299 e. The molecule has 0 amide bonds. The van der Waals surface area contributed by atoms with Crippen molar-refractivity contribution in [1.82, 2.24) is 20.6 Å². The SMILES string of the molecule is O=C1CC[C@H](/C=C/c2cccc(Cl)c2)[C@H]1CCCCCCc1nn[nH]n1. The van der Waals surface area contributed by atoms with Gasteiger partial charge in [-0.1, -0.05) is 60.4 Å². The molecular formula is C20H25ClN4O. The minimum atomic E-state index is 0.183. The lowest BCUT2D eigenvalue weighted by Gasteiger charge is -2.14. The summed E-state index contributed by atoms with van der Waals surface area (Å²) >= 11 is 6.03. The molecule has 1 aliphatic rings. The molecule has 3 rings (SSSR count). The Morgan fingerprint density at radius 1 is 1.23 bits per heavy atom. The van der Waals surface area contributed by atoms with E-state index in [0.717, 1.165) is 61.4 Å². The van der Waals surface area contributed by atoms with Crippen LogP contribution in [0, 0.1) is 11.8 Å². The maximum atomic E-state index is 12.2. The Morgan fingerprint density at radius 3 is 2.92 bits per heavy atom. The second kappa shape index (κ2) is 9.62. The van der Waals surface area contributed by atoms with Crippen LogP contribution < -0.4 is 0 Å². The van der Waals surface area contributed by atoms with Crippen LogP contribution in [0.3, 0.4) is 0 Å². The number of H-pyrrole nitrogens is 1. The lowest BCUT2D eigenvalue weighted by Crippen LogP contribution is -2.13. The first kappa shape index (κ1) is 18.8. The van der Waals surface area contributed by atoms with Crippen LogP contribution in [0.25, 0.3) is 6.08 Å². The molecule has 0 radical (unpaired) electrons. The molecular weight excluding hydrogens is 348 g/mol. The number of nitrogens with zero attached hydrogens (tertiary/aromatic N) is 3. The summed E-state index contributed by atoms with van der Waals surface area (Å²) in [7, 11) is 0. The molecule has 2 atom stereocenters. The average Bonchev–Trinajstić information content (AvgIpc) is 3.27. The van der Waals surface area contributed by atoms with Crippen LogP contribution in [0.5, 0.6) is 0 Å². The number of allylic oxidation sites excluding steroid dienone is 1. The number of carbonyl (C=O) groups excluding carboxylic acids is 1. The van der Waals surface area contributed by atoms with Gasteiger partial charge in [0.1, 0.15) is 5.78 Å². The highest BCUT2D eigenvalue weighted by molar-refractivity contribution is 6.30. The van der Waals surface area contributed by atoms with Crippen LogP contribution in [-0.4, -0.2) is 26.4 Å². The van der Waals surface area contributed by atoms with E-state index in [1.54, 1.807) is 0 Å². The first-order valence-electron chi connectivity index (χ1n) is 9.41. The molecule has 1 heterocycles. The van der Waals surface area contributed by atoms with Gasteiger partial charge in [0, 0.05) is 23.8 Å². The Bertz CT molecular complexity index is 729. The van der Waals surface area contributed by atoms with E-state index < -0.39 is 0 Å². The first-order valence-corrected chi connectivity index (χ1v) is 9.79. The number of aryl methyl sites for hydroxylation is 1. The Balaban J connectivity index is 1.41. The monoisotopic (exact) mass is 372 g/mol. The quantitative estimate of drug-likeness (QED) is 0.650. The van der Waals surface area contributed by atoms with Crippen LogP contribution in [0.4, 0.5) is 0 Å². The van der Waals surface area contributed by atoms with Gasteiger partial charge < -0.3 is 0 Å². The van der Waals surface area contributed by atoms with E-state index in [4.69, 9.17) is 11.6 Å². The van der Waals surface area contributed by atoms with E-state index in [2.05, 4.69) is 32.8 Å². The number of tetrazole rings is 1. The number of Topliss-reactive ketones (excluding diaryl/α,β-unsaturated/α-hetero) is 1. The molecule has 1 aliphatic carbocycles. The topological polar surface area (TPSA) is 71.5 Å². The highest BCUT2D eigenvalue weighted by atomic mass is 35.5. The molecule has 2 aromatic rings. The molecule has 1 fully saturated rings. The zero-order valence-electron chi connectivity index (χ0n) is 14.9. The summed E-state index contributed by atoms with van der Waals surface area (Å²) in [5.74, 6) is 1.75. The Hall–Kier alpha value is -2.01. The molecule has 0 spiro atoms. The smallest absolute Gasteiger partial charge is 0.174 e. The molecule has 1 saturated carbocycles. The zero-order chi connectivity index (χ0) is 18.2. The van der Waals surface area contributed by atoms with Crippen molar-refractivity contribution in [3.63, 3.8) is 0 Å². The van der Waals surface area contributed by atoms with E-state index in [1.807, 2.05) is 24.3 Å². The predicted molar refractivity (Wildman–Crippen MR) is 103 cm³/mol. The molecule has 0 saturated heterocycles. The third-order valence-electron chi connectivity index (χ3n) is 5.09. The summed E-state index contributed by atoms with van der Waals surface area (Å²) in [6, 6.07) is 7.82. The maximum Gasteiger partial charge on any atom is 0.174 e. The standard InChI is InChI=1S/C20H25ClN4O/c21-17-7-5-6-15(14-17)10-11-16-12-13-19(26)18(16)8-3-1-2-4-9-20-22-24-25-23-20/h5-7,10-11,14,16,18H,1-4,8-9,12-13H2,(H,22,23,24,25)/b11-10+/t16-,18+/m0/s1. The van der Waals surface area contributed by atoms with E-state index >= 15 is 0 Å². The maximum absolute atomic E-state index is 12.2. The molecule has 1 aromatic heterocycles. The van der Waals surface area contributed by atoms with Crippen LogP contribution >= 0.6 is 11.6 Å². The number of ketones is 1. The van der Waals surface area contributed by atoms with Gasteiger partial charge in [-0.3, -0.25) is 4.79 Å². The van der Waals surface area contributed by atoms with Gasteiger partial charge in [0.15, 0.2) is 5.82 Å². The summed E-state index contributed by atoms with van der Waals surface area (Å²) in [6.07, 6.45) is 12.3. The summed E-state index contributed by atoms with van der Waals surface area (Å²) in [5, 5.41) is 14.7. The van der Waals surface area contributed by atoms with Crippen molar-refractivity contribution >= 4 is 23.5 Å². The molecule has 6 heteroatoms. The number of hydrogen-bond acceptors (Lipinski definition) is 4. The van der Waals surface area contributed by atoms with Crippen molar-refractivity contribution in [3.05, 3.63) is 46.8 Å². The van der Waals surface area contributed by atoms with Crippen molar-refractivity contribution in [2.24, 2.45) is 11.8 Å². The lowest BCUT2D eigenvalue weighted by atomic mass is 9.89. The molecule has 0 bridgehead atoms. The van der Waals surface area contributed by atoms with Crippen molar-refractivity contribution < 1.29 is 4.79 Å². The summed E-state index contributed by atoms with van der Waals surface area (Å²) < 4.78 is 0. The van der Waals surface area contributed by atoms with Crippen molar-refractivity contribution in [3.8, 4) is 0 Å². The highest BCUT2D eigenvalue weighted by Crippen LogP contribution is 2.34. The minimum absolute atomic E-state index is 0.183. The van der Waals surface area contributed by atoms with Gasteiger partial charge in [0.2, 0.25) is 0 Å². The molecule has 138 valence electrons. The lowest BCUT2D eigenvalue weighted by molar-refractivity contribution is -0.121. The normalized spacial score (nSPS) is 20.3. The predicted octanol–water partition coefficient (Wildman–Crippen LogP) is 4.65. The second-order valence-electron chi connectivity index (χ2n) is 6.97. The number of carbonyl (C=O) groups is 1. The Morgan fingerprint density at radius 2 is 2.12 bits per heavy atom. The fourth-order valence-electron chi connectivity index (χ4n) is 3.67. The number of halogens is 1. The van der Waals surface area contributed by atoms with Gasteiger partial charge in [0.05, 0.1) is 0 Å². The molecule has 1 N–H and O–H groups in total. The van der Waals surface area contributed by atoms with Gasteiger partial charge in [0.25, 0.3) is 0 Å². The molecule has 1 aromatic carbocycles. The number of aromatic amines is 1. The summed E-state index contributed by atoms with van der Waals surface area (Å²) in [4.78, 5) is 12.2. The van der Waals surface area contributed by atoms with Crippen LogP contribution in [0.2, 0.25) is 5.02 Å². The number of aromatic nitrogens is 4. The van der Waals surface area contributed by atoms with Gasteiger partial charge in [-0.2, -0.15) is 5.21 Å². The van der Waals surface area contributed by atoms with E-state index in [1.165, 1.54) is 0 Å². The number of hydrogen-bond donors (Lipinski definition) is 1. The molecule has 0 aliphatic heterocycles. The third kappa shape index (κ3) is 5.49. The molecule has 26 heavy (non-hydrogen) atoms. The van der Waals surface area contributed by atoms with Gasteiger partial charge in [-0.15, -0.1) is 10.2 Å². The first-order chi connectivity index (χ1) is 12.7. The van der Waals surface area contributed by atoms with Gasteiger partial charge in [-0.05, 0) is 42.9 Å². The Kier molecular flexibility index (Phi) is 6.95. The zero-order valence-corrected chi connectivity index (χ0v) is 15.7. The van der Waals surface area contributed by atoms with Crippen LogP contribution in [0.15, 0.2) is 30.3 Å². The van der Waals surface area contributed by atoms with E-state index in [0.29, 0.717) is 18.1 Å². The number of nitrogens with one attached hydrogen (secondary N) is 1. The van der Waals surface area contributed by atoms with Gasteiger partial charge in [-0.25, -0.2) is 0 Å². The number of unbranched alkanes of at least 4 members (excludes halogenated alkanes) is 3. The van der Waals surface area contributed by atoms with Crippen LogP contribution in [0.1, 0.15) is 56.3 Å². The minimum Gasteiger partial charge on any atom is -0.299 e. The molecule has 0 unspecified atom stereocenters. The van der Waals surface area contributed by atoms with Crippen molar-refractivity contribution in [2.75, 3.05) is 0 Å². The number of rotatable bonds is 9. The highest BCUT2D eigenvalue weighted by Gasteiger charge is 2.32. The average molecular weight is 373 g/mol. The van der Waals surface area contributed by atoms with Crippen molar-refractivity contribution in [2.45, 2.75) is 51.4 Å². The van der Waals surface area contributed by atoms with Gasteiger partial charge >= 0.3 is 0 Å². The van der Waals surface area contributed by atoms with Crippen LogP contribution in [-0.2, 0) is 11.2 Å². The molecule has 5 nitrogen and oxygen atoms in total. The van der Waals surface area contributed by atoms with E-state index in [-0.39, 0.29) is 5.92 Å². The van der Waals surface area contributed by atoms with Crippen molar-refractivity contribution in [1.29, 1.82) is 0 Å². The van der Waals surface area contributed by atoms with E-state index in [9.17, 15) is 4.79 Å². The summed E-state index contributed by atoms with van der Waals surface area (Å²) in [5.41, 5.74) is 1.09. The fourth-order valence-corrected chi connectivity index (χ4v) is 3.87. The fraction of sp³-hybridized carbons (Fsp3) is 0.500. The third-order valence-corrected chi connectivity index (χ3v) is 5.33. The Labute approximate surface area is 159 Å². The summed E-state index contributed by atoms with van der Waals surface area (Å²) in [6.45, 7) is 0. The second-order valence-corrected chi connectivity index (χ2v) is 7.41. The number of benzene rings is 1.